The van der Waals surface area contributed by atoms with Crippen LogP contribution in [0.3, 0.4) is 0 Å². The van der Waals surface area contributed by atoms with Crippen LogP contribution in [0.1, 0.15) is 37.7 Å². The van der Waals surface area contributed by atoms with Crippen LogP contribution in [0.25, 0.3) is 11.3 Å². The number of pyridine rings is 1. The molecule has 2 N–H and O–H groups in total. The molecule has 3 aromatic rings. The zero-order valence-electron chi connectivity index (χ0n) is 16.0. The average molecular weight is 438 g/mol. The molecule has 0 unspecified atom stereocenters. The molecule has 5 nitrogen and oxygen atoms in total. The van der Waals surface area contributed by atoms with Gasteiger partial charge in [0, 0.05) is 40.2 Å². The number of benzene rings is 1. The Morgan fingerprint density at radius 1 is 1.04 bits per heavy atom. The topological polar surface area (TPSA) is 62.7 Å². The summed E-state index contributed by atoms with van der Waals surface area (Å²) >= 11 is 3.55. The fraction of sp³-hybridized carbons (Fsp3) is 0.318. The van der Waals surface area contributed by atoms with Crippen LogP contribution >= 0.6 is 15.9 Å². The molecule has 1 fully saturated rings. The fourth-order valence-corrected chi connectivity index (χ4v) is 3.78. The third-order valence-electron chi connectivity index (χ3n) is 5.05. The van der Waals surface area contributed by atoms with Crippen LogP contribution in [-0.4, -0.2) is 21.0 Å². The Labute approximate surface area is 174 Å². The van der Waals surface area contributed by atoms with Crippen LogP contribution in [0.2, 0.25) is 0 Å². The minimum Gasteiger partial charge on any atom is -0.351 e. The number of nitrogens with zero attached hydrogens (tertiary/aromatic N) is 3. The van der Waals surface area contributed by atoms with E-state index in [9.17, 15) is 0 Å². The Balaban J connectivity index is 1.65. The van der Waals surface area contributed by atoms with Gasteiger partial charge in [0.05, 0.1) is 5.69 Å². The van der Waals surface area contributed by atoms with Gasteiger partial charge in [-0.15, -0.1) is 0 Å². The van der Waals surface area contributed by atoms with Gasteiger partial charge >= 0.3 is 0 Å². The van der Waals surface area contributed by atoms with Crippen molar-refractivity contribution in [3.05, 3.63) is 58.8 Å². The third kappa shape index (κ3) is 4.68. The molecule has 0 atom stereocenters. The van der Waals surface area contributed by atoms with Crippen molar-refractivity contribution < 1.29 is 0 Å². The molecule has 0 aliphatic heterocycles. The summed E-state index contributed by atoms with van der Waals surface area (Å²) in [5.41, 5.74) is 4.01. The predicted octanol–water partition coefficient (Wildman–Crippen LogP) is 6.10. The van der Waals surface area contributed by atoms with E-state index in [1.807, 2.05) is 36.5 Å². The first-order valence-corrected chi connectivity index (χ1v) is 10.6. The number of aryl methyl sites for hydroxylation is 1. The zero-order valence-corrected chi connectivity index (χ0v) is 17.5. The molecule has 0 bridgehead atoms. The minimum absolute atomic E-state index is 0.445. The highest BCUT2D eigenvalue weighted by atomic mass is 79.9. The van der Waals surface area contributed by atoms with Crippen molar-refractivity contribution in [2.75, 3.05) is 10.6 Å². The number of hydrogen-bond acceptors (Lipinski definition) is 5. The molecular formula is C22H24BrN5. The maximum Gasteiger partial charge on any atom is 0.225 e. The molecule has 1 aliphatic carbocycles. The monoisotopic (exact) mass is 437 g/mol. The maximum absolute atomic E-state index is 4.76. The summed E-state index contributed by atoms with van der Waals surface area (Å²) in [6.07, 6.45) is 9.82. The van der Waals surface area contributed by atoms with Gasteiger partial charge in [-0.1, -0.05) is 35.2 Å². The molecule has 0 saturated heterocycles. The van der Waals surface area contributed by atoms with E-state index in [4.69, 9.17) is 9.97 Å². The lowest BCUT2D eigenvalue weighted by Crippen LogP contribution is -2.23. The van der Waals surface area contributed by atoms with Crippen LogP contribution in [0.15, 0.2) is 53.3 Å². The summed E-state index contributed by atoms with van der Waals surface area (Å²) in [7, 11) is 0. The molecule has 2 aromatic heterocycles. The molecule has 28 heavy (non-hydrogen) atoms. The fourth-order valence-electron chi connectivity index (χ4n) is 3.54. The highest BCUT2D eigenvalue weighted by molar-refractivity contribution is 9.10. The molecule has 2 heterocycles. The normalized spacial score (nSPS) is 14.6. The maximum atomic E-state index is 4.76. The first kappa shape index (κ1) is 18.9. The van der Waals surface area contributed by atoms with E-state index in [1.54, 1.807) is 6.20 Å². The van der Waals surface area contributed by atoms with Crippen molar-refractivity contribution in [1.82, 2.24) is 15.0 Å². The summed E-state index contributed by atoms with van der Waals surface area (Å²) in [6.45, 7) is 2.08. The second-order valence-corrected chi connectivity index (χ2v) is 8.13. The van der Waals surface area contributed by atoms with Crippen molar-refractivity contribution in [2.24, 2.45) is 0 Å². The van der Waals surface area contributed by atoms with Crippen LogP contribution in [-0.2, 0) is 0 Å². The average Bonchev–Trinajstić information content (AvgIpc) is 2.72. The molecule has 144 valence electrons. The number of hydrogen-bond donors (Lipinski definition) is 2. The summed E-state index contributed by atoms with van der Waals surface area (Å²) in [5.74, 6) is 1.44. The van der Waals surface area contributed by atoms with Gasteiger partial charge in [-0.25, -0.2) is 4.98 Å². The molecule has 4 rings (SSSR count). The van der Waals surface area contributed by atoms with Crippen molar-refractivity contribution in [1.29, 1.82) is 0 Å². The lowest BCUT2D eigenvalue weighted by molar-refractivity contribution is 0.461. The lowest BCUT2D eigenvalue weighted by atomic mass is 9.96. The number of halogens is 1. The van der Waals surface area contributed by atoms with Crippen LogP contribution in [0, 0.1) is 6.92 Å². The smallest absolute Gasteiger partial charge is 0.225 e. The zero-order chi connectivity index (χ0) is 19.3. The molecule has 1 aromatic carbocycles. The van der Waals surface area contributed by atoms with E-state index in [-0.39, 0.29) is 0 Å². The van der Waals surface area contributed by atoms with Crippen LogP contribution in [0.4, 0.5) is 17.5 Å². The van der Waals surface area contributed by atoms with Gasteiger partial charge in [0.25, 0.3) is 0 Å². The van der Waals surface area contributed by atoms with Crippen LogP contribution < -0.4 is 10.6 Å². The molecule has 0 spiro atoms. The van der Waals surface area contributed by atoms with Crippen molar-refractivity contribution in [3.63, 3.8) is 0 Å². The Kier molecular flexibility index (Phi) is 5.86. The first-order valence-electron chi connectivity index (χ1n) is 9.76. The van der Waals surface area contributed by atoms with Gasteiger partial charge in [-0.3, -0.25) is 4.98 Å². The molecule has 0 amide bonds. The van der Waals surface area contributed by atoms with E-state index in [2.05, 4.69) is 44.5 Å². The summed E-state index contributed by atoms with van der Waals surface area (Å²) < 4.78 is 1.09. The number of rotatable bonds is 5. The van der Waals surface area contributed by atoms with E-state index in [0.29, 0.717) is 12.0 Å². The van der Waals surface area contributed by atoms with E-state index >= 15 is 0 Å². The SMILES string of the molecule is Cc1cc(Nc2cc(-c3cccnc3)nc(NC3CCCCC3)n2)ccc1Br. The van der Waals surface area contributed by atoms with Gasteiger partial charge in [0.15, 0.2) is 0 Å². The quantitative estimate of drug-likeness (QED) is 0.504. The van der Waals surface area contributed by atoms with E-state index in [1.165, 1.54) is 37.7 Å². The highest BCUT2D eigenvalue weighted by Crippen LogP contribution is 2.27. The van der Waals surface area contributed by atoms with Crippen molar-refractivity contribution in [2.45, 2.75) is 45.1 Å². The van der Waals surface area contributed by atoms with Gasteiger partial charge in [-0.05, 0) is 55.7 Å². The third-order valence-corrected chi connectivity index (χ3v) is 5.94. The van der Waals surface area contributed by atoms with E-state index < -0.39 is 0 Å². The number of aromatic nitrogens is 3. The Hall–Kier alpha value is -2.47. The summed E-state index contributed by atoms with van der Waals surface area (Å²) in [6, 6.07) is 12.6. The molecular weight excluding hydrogens is 414 g/mol. The summed E-state index contributed by atoms with van der Waals surface area (Å²) in [4.78, 5) is 13.7. The van der Waals surface area contributed by atoms with Crippen molar-refractivity contribution >= 4 is 33.4 Å². The van der Waals surface area contributed by atoms with Gasteiger partial charge < -0.3 is 10.6 Å². The molecule has 1 saturated carbocycles. The van der Waals surface area contributed by atoms with Gasteiger partial charge in [0.1, 0.15) is 5.82 Å². The highest BCUT2D eigenvalue weighted by Gasteiger charge is 2.15. The molecule has 6 heteroatoms. The van der Waals surface area contributed by atoms with Crippen molar-refractivity contribution in [3.8, 4) is 11.3 Å². The van der Waals surface area contributed by atoms with Crippen LogP contribution in [0.5, 0.6) is 0 Å². The Morgan fingerprint density at radius 2 is 1.89 bits per heavy atom. The second-order valence-electron chi connectivity index (χ2n) is 7.27. The van der Waals surface area contributed by atoms with E-state index in [0.717, 1.165) is 27.2 Å². The summed E-state index contributed by atoms with van der Waals surface area (Å²) in [5, 5.41) is 6.97. The lowest BCUT2D eigenvalue weighted by Gasteiger charge is -2.23. The number of nitrogens with one attached hydrogen (secondary N) is 2. The standard InChI is InChI=1S/C22H24BrN5/c1-15-12-18(9-10-19(15)23)25-21-13-20(16-6-5-11-24-14-16)27-22(28-21)26-17-7-3-2-4-8-17/h5-6,9-14,17H,2-4,7-8H2,1H3,(H2,25,26,27,28). The Morgan fingerprint density at radius 3 is 2.64 bits per heavy atom. The molecule has 0 radical (unpaired) electrons. The largest absolute Gasteiger partial charge is 0.351 e. The second kappa shape index (κ2) is 8.69. The minimum atomic E-state index is 0.445. The first-order chi connectivity index (χ1) is 13.7. The molecule has 1 aliphatic rings. The van der Waals surface area contributed by atoms with Gasteiger partial charge in [0.2, 0.25) is 5.95 Å². The van der Waals surface area contributed by atoms with Gasteiger partial charge in [-0.2, -0.15) is 4.98 Å². The predicted molar refractivity (Wildman–Crippen MR) is 118 cm³/mol. The number of anilines is 3. The Bertz CT molecular complexity index is 939.